The molecule has 3 rings (SSSR count). The molecular weight excluding hydrogens is 341 g/mol. The molecule has 0 spiro atoms. The Morgan fingerprint density at radius 1 is 1.20 bits per heavy atom. The van der Waals surface area contributed by atoms with Gasteiger partial charge in [-0.1, -0.05) is 12.1 Å². The summed E-state index contributed by atoms with van der Waals surface area (Å²) in [5.74, 6) is -0.400. The van der Waals surface area contributed by atoms with Crippen molar-refractivity contribution < 1.29 is 14.3 Å². The van der Waals surface area contributed by atoms with Gasteiger partial charge in [0.05, 0.1) is 4.88 Å². The zero-order chi connectivity index (χ0) is 18.0. The Hall–Kier alpha value is -2.73. The summed E-state index contributed by atoms with van der Waals surface area (Å²) in [6.45, 7) is 1.83. The summed E-state index contributed by atoms with van der Waals surface area (Å²) in [4.78, 5) is 25.1. The number of nitrogens with zero attached hydrogens (tertiary/aromatic N) is 1. The molecule has 3 aromatic rings. The van der Waals surface area contributed by atoms with E-state index in [9.17, 15) is 19.1 Å². The average Bonchev–Trinajstić information content (AvgIpc) is 2.95. The molecule has 0 unspecified atom stereocenters. The standard InChI is InChI=1S/C19H16FNO3S/c1-12-10-18(21-9-8-15(22)11-17(21)24)25-19(12)16(23)7-4-13-2-5-14(20)6-3-13/h2-3,5-6,8-11,22H,4,7H2,1H3. The highest BCUT2D eigenvalue weighted by Gasteiger charge is 2.15. The number of ketones is 1. The van der Waals surface area contributed by atoms with E-state index in [2.05, 4.69) is 0 Å². The van der Waals surface area contributed by atoms with Gasteiger partial charge in [-0.05, 0) is 48.7 Å². The molecule has 128 valence electrons. The highest BCUT2D eigenvalue weighted by Crippen LogP contribution is 2.26. The number of thiophene rings is 1. The van der Waals surface area contributed by atoms with Gasteiger partial charge in [0.25, 0.3) is 5.56 Å². The highest BCUT2D eigenvalue weighted by atomic mass is 32.1. The van der Waals surface area contributed by atoms with Crippen LogP contribution < -0.4 is 5.56 Å². The number of carbonyl (C=O) groups excluding carboxylic acids is 1. The molecule has 0 bridgehead atoms. The second-order valence-electron chi connectivity index (χ2n) is 5.74. The van der Waals surface area contributed by atoms with Crippen LogP contribution in [0.25, 0.3) is 5.00 Å². The summed E-state index contributed by atoms with van der Waals surface area (Å²) in [7, 11) is 0. The van der Waals surface area contributed by atoms with Crippen molar-refractivity contribution in [3.8, 4) is 10.8 Å². The Labute approximate surface area is 147 Å². The Morgan fingerprint density at radius 3 is 2.60 bits per heavy atom. The smallest absolute Gasteiger partial charge is 0.259 e. The van der Waals surface area contributed by atoms with Gasteiger partial charge in [-0.2, -0.15) is 0 Å². The third-order valence-electron chi connectivity index (χ3n) is 3.85. The molecule has 0 fully saturated rings. The van der Waals surface area contributed by atoms with Crippen LogP contribution in [0.1, 0.15) is 27.2 Å². The molecule has 0 aliphatic rings. The monoisotopic (exact) mass is 357 g/mol. The van der Waals surface area contributed by atoms with Crippen LogP contribution in [0, 0.1) is 12.7 Å². The number of rotatable bonds is 5. The summed E-state index contributed by atoms with van der Waals surface area (Å²) < 4.78 is 14.3. The first-order chi connectivity index (χ1) is 11.9. The summed E-state index contributed by atoms with van der Waals surface area (Å²) in [5, 5.41) is 9.97. The van der Waals surface area contributed by atoms with Crippen LogP contribution in [0.2, 0.25) is 0 Å². The molecule has 2 aromatic heterocycles. The SMILES string of the molecule is Cc1cc(-n2ccc(O)cc2=O)sc1C(=O)CCc1ccc(F)cc1. The van der Waals surface area contributed by atoms with Gasteiger partial charge in [0.2, 0.25) is 0 Å². The predicted molar refractivity (Wildman–Crippen MR) is 95.4 cm³/mol. The van der Waals surface area contributed by atoms with E-state index in [1.807, 2.05) is 6.92 Å². The molecule has 6 heteroatoms. The largest absolute Gasteiger partial charge is 0.508 e. The summed E-state index contributed by atoms with van der Waals surface area (Å²) in [6, 6.07) is 10.4. The van der Waals surface area contributed by atoms with Crippen molar-refractivity contribution in [1.29, 1.82) is 0 Å². The van der Waals surface area contributed by atoms with E-state index >= 15 is 0 Å². The van der Waals surface area contributed by atoms with Gasteiger partial charge in [-0.3, -0.25) is 14.2 Å². The Balaban J connectivity index is 1.78. The summed E-state index contributed by atoms with van der Waals surface area (Å²) in [6.07, 6.45) is 2.33. The minimum atomic E-state index is -0.355. The number of carbonyl (C=O) groups is 1. The maximum absolute atomic E-state index is 12.9. The van der Waals surface area contributed by atoms with Crippen molar-refractivity contribution in [3.63, 3.8) is 0 Å². The number of benzene rings is 1. The van der Waals surface area contributed by atoms with Crippen LogP contribution in [0.15, 0.2) is 53.5 Å². The van der Waals surface area contributed by atoms with Gasteiger partial charge in [0.1, 0.15) is 16.6 Å². The Morgan fingerprint density at radius 2 is 1.92 bits per heavy atom. The zero-order valence-corrected chi connectivity index (χ0v) is 14.3. The third-order valence-corrected chi connectivity index (χ3v) is 5.13. The topological polar surface area (TPSA) is 59.3 Å². The second-order valence-corrected chi connectivity index (χ2v) is 6.77. The van der Waals surface area contributed by atoms with Crippen molar-refractivity contribution in [2.75, 3.05) is 0 Å². The van der Waals surface area contributed by atoms with Gasteiger partial charge in [-0.15, -0.1) is 11.3 Å². The summed E-state index contributed by atoms with van der Waals surface area (Å²) >= 11 is 1.25. The minimum absolute atomic E-state index is 0.00935. The van der Waals surface area contributed by atoms with E-state index in [1.165, 1.54) is 40.3 Å². The lowest BCUT2D eigenvalue weighted by Gasteiger charge is -2.02. The third kappa shape index (κ3) is 3.85. The molecule has 0 amide bonds. The second kappa shape index (κ2) is 7.03. The molecule has 0 saturated heterocycles. The van der Waals surface area contributed by atoms with E-state index in [0.717, 1.165) is 17.2 Å². The van der Waals surface area contributed by atoms with Crippen molar-refractivity contribution in [2.45, 2.75) is 19.8 Å². The molecule has 0 aliphatic heterocycles. The van der Waals surface area contributed by atoms with Gasteiger partial charge < -0.3 is 5.11 Å². The number of hydrogen-bond acceptors (Lipinski definition) is 4. The molecule has 2 heterocycles. The maximum atomic E-state index is 12.9. The number of aromatic hydroxyl groups is 1. The lowest BCUT2D eigenvalue weighted by atomic mass is 10.1. The first kappa shape index (κ1) is 17.1. The highest BCUT2D eigenvalue weighted by molar-refractivity contribution is 7.16. The van der Waals surface area contributed by atoms with Crippen molar-refractivity contribution >= 4 is 17.1 Å². The normalized spacial score (nSPS) is 10.8. The molecule has 4 nitrogen and oxygen atoms in total. The molecule has 1 aromatic carbocycles. The first-order valence-corrected chi connectivity index (χ1v) is 8.56. The van der Waals surface area contributed by atoms with E-state index in [1.54, 1.807) is 18.2 Å². The minimum Gasteiger partial charge on any atom is -0.508 e. The van der Waals surface area contributed by atoms with Crippen LogP contribution in [0.4, 0.5) is 4.39 Å². The average molecular weight is 357 g/mol. The quantitative estimate of drug-likeness (QED) is 0.705. The number of halogens is 1. The number of pyridine rings is 1. The molecule has 0 aliphatic carbocycles. The number of aromatic nitrogens is 1. The lowest BCUT2D eigenvalue weighted by Crippen LogP contribution is -2.14. The van der Waals surface area contributed by atoms with Crippen LogP contribution in [-0.4, -0.2) is 15.5 Å². The van der Waals surface area contributed by atoms with Gasteiger partial charge in [0.15, 0.2) is 5.78 Å². The Kier molecular flexibility index (Phi) is 4.81. The molecule has 0 atom stereocenters. The molecule has 1 N–H and O–H groups in total. The fourth-order valence-electron chi connectivity index (χ4n) is 2.53. The van der Waals surface area contributed by atoms with E-state index < -0.39 is 0 Å². The fraction of sp³-hybridized carbons (Fsp3) is 0.158. The zero-order valence-electron chi connectivity index (χ0n) is 13.5. The number of aryl methyl sites for hydroxylation is 2. The van der Waals surface area contributed by atoms with Crippen LogP contribution in [0.3, 0.4) is 0 Å². The summed E-state index contributed by atoms with van der Waals surface area (Å²) in [5.41, 5.74) is 1.36. The van der Waals surface area contributed by atoms with E-state index in [-0.39, 0.29) is 22.9 Å². The number of hydrogen-bond donors (Lipinski definition) is 1. The van der Waals surface area contributed by atoms with Crippen molar-refractivity contribution in [2.24, 2.45) is 0 Å². The fourth-order valence-corrected chi connectivity index (χ4v) is 3.66. The Bertz CT molecular complexity index is 973. The first-order valence-electron chi connectivity index (χ1n) is 7.74. The lowest BCUT2D eigenvalue weighted by molar-refractivity contribution is 0.0986. The van der Waals surface area contributed by atoms with Crippen LogP contribution in [-0.2, 0) is 6.42 Å². The van der Waals surface area contributed by atoms with Crippen molar-refractivity contribution in [3.05, 3.63) is 80.8 Å². The predicted octanol–water partition coefficient (Wildman–Crippen LogP) is 3.87. The molecule has 0 radical (unpaired) electrons. The van der Waals surface area contributed by atoms with Crippen LogP contribution in [0.5, 0.6) is 5.75 Å². The number of Topliss-reactive ketones (excluding diaryl/α,β-unsaturated/α-hetero) is 1. The van der Waals surface area contributed by atoms with Gasteiger partial charge in [-0.25, -0.2) is 4.39 Å². The van der Waals surface area contributed by atoms with Crippen LogP contribution >= 0.6 is 11.3 Å². The maximum Gasteiger partial charge on any atom is 0.259 e. The van der Waals surface area contributed by atoms with Gasteiger partial charge in [0, 0.05) is 18.7 Å². The molecule has 0 saturated carbocycles. The molecule has 25 heavy (non-hydrogen) atoms. The van der Waals surface area contributed by atoms with E-state index in [0.29, 0.717) is 22.7 Å². The van der Waals surface area contributed by atoms with E-state index in [4.69, 9.17) is 0 Å². The molecular formula is C19H16FNO3S. The van der Waals surface area contributed by atoms with Gasteiger partial charge >= 0.3 is 0 Å². The van der Waals surface area contributed by atoms with Crippen molar-refractivity contribution in [1.82, 2.24) is 4.57 Å².